The molecule has 3 N–H and O–H groups in total. The molecular weight excluding hydrogens is 352 g/mol. The summed E-state index contributed by atoms with van der Waals surface area (Å²) in [4.78, 5) is 26.7. The van der Waals surface area contributed by atoms with Crippen molar-refractivity contribution in [3.05, 3.63) is 37.2 Å². The molecule has 10 nitrogen and oxygen atoms in total. The van der Waals surface area contributed by atoms with Gasteiger partial charge in [-0.1, -0.05) is 0 Å². The van der Waals surface area contributed by atoms with E-state index < -0.39 is 11.7 Å². The van der Waals surface area contributed by atoms with E-state index >= 15 is 0 Å². The second-order valence-corrected chi connectivity index (χ2v) is 6.00. The van der Waals surface area contributed by atoms with E-state index in [0.717, 1.165) is 0 Å². The van der Waals surface area contributed by atoms with Gasteiger partial charge in [-0.3, -0.25) is 9.97 Å². The lowest BCUT2D eigenvalue weighted by molar-refractivity contribution is 0.0520. The second kappa shape index (κ2) is 12.4. The maximum atomic E-state index is 11.3. The fourth-order valence-electron chi connectivity index (χ4n) is 1.51. The van der Waals surface area contributed by atoms with Crippen molar-refractivity contribution >= 4 is 6.09 Å². The molecular formula is C17H26N6O4. The van der Waals surface area contributed by atoms with E-state index in [4.69, 9.17) is 19.9 Å². The zero-order valence-corrected chi connectivity index (χ0v) is 15.8. The fraction of sp³-hybridized carbons (Fsp3) is 0.471. The van der Waals surface area contributed by atoms with E-state index in [9.17, 15) is 4.79 Å². The molecule has 0 spiro atoms. The molecule has 0 saturated carbocycles. The van der Waals surface area contributed by atoms with E-state index in [2.05, 4.69) is 25.3 Å². The van der Waals surface area contributed by atoms with Crippen LogP contribution in [0.5, 0.6) is 11.8 Å². The first-order chi connectivity index (χ1) is 12.9. The van der Waals surface area contributed by atoms with Gasteiger partial charge in [-0.25, -0.2) is 14.8 Å². The molecule has 1 amide bonds. The van der Waals surface area contributed by atoms with Crippen LogP contribution in [0.25, 0.3) is 0 Å². The Hall–Kier alpha value is -3.01. The number of rotatable bonds is 7. The summed E-state index contributed by atoms with van der Waals surface area (Å²) in [7, 11) is 0. The molecule has 0 aliphatic rings. The number of nitrogens with one attached hydrogen (secondary N) is 1. The zero-order chi connectivity index (χ0) is 20.0. The predicted octanol–water partition coefficient (Wildman–Crippen LogP) is 1.19. The minimum atomic E-state index is -0.490. The van der Waals surface area contributed by atoms with Gasteiger partial charge in [0.15, 0.2) is 0 Å². The molecule has 10 heteroatoms. The first kappa shape index (κ1) is 22.0. The number of nitrogens with two attached hydrogens (primary N) is 1. The molecule has 2 aromatic heterocycles. The normalized spacial score (nSPS) is 10.2. The second-order valence-electron chi connectivity index (χ2n) is 6.00. The number of carbonyl (C=O) groups excluding carboxylic acids is 1. The Morgan fingerprint density at radius 2 is 1.56 bits per heavy atom. The first-order valence-electron chi connectivity index (χ1n) is 8.35. The minimum Gasteiger partial charge on any atom is -0.475 e. The molecule has 2 heterocycles. The van der Waals surface area contributed by atoms with Gasteiger partial charge in [0.2, 0.25) is 11.8 Å². The van der Waals surface area contributed by atoms with Crippen molar-refractivity contribution in [1.82, 2.24) is 25.3 Å². The van der Waals surface area contributed by atoms with Crippen molar-refractivity contribution < 1.29 is 19.0 Å². The van der Waals surface area contributed by atoms with E-state index in [1.165, 1.54) is 12.4 Å². The van der Waals surface area contributed by atoms with Gasteiger partial charge in [-0.2, -0.15) is 0 Å². The smallest absolute Gasteiger partial charge is 0.407 e. The zero-order valence-electron chi connectivity index (χ0n) is 15.8. The highest BCUT2D eigenvalue weighted by Crippen LogP contribution is 2.06. The summed E-state index contributed by atoms with van der Waals surface area (Å²) in [5.74, 6) is 0.950. The molecule has 0 bridgehead atoms. The number of nitrogens with zero attached hydrogens (tertiary/aromatic N) is 4. The van der Waals surface area contributed by atoms with Crippen LogP contribution in [0.2, 0.25) is 0 Å². The van der Waals surface area contributed by atoms with Crippen LogP contribution in [-0.2, 0) is 4.74 Å². The number of hydrogen-bond donors (Lipinski definition) is 2. The topological polar surface area (TPSA) is 134 Å². The molecule has 148 valence electrons. The van der Waals surface area contributed by atoms with Crippen LogP contribution >= 0.6 is 0 Å². The lowest BCUT2D eigenvalue weighted by Gasteiger charge is -2.19. The molecule has 2 aromatic rings. The highest BCUT2D eigenvalue weighted by molar-refractivity contribution is 5.67. The van der Waals surface area contributed by atoms with Crippen LogP contribution < -0.4 is 20.5 Å². The van der Waals surface area contributed by atoms with Gasteiger partial charge < -0.3 is 25.3 Å². The van der Waals surface area contributed by atoms with Gasteiger partial charge in [0.25, 0.3) is 0 Å². The van der Waals surface area contributed by atoms with Crippen LogP contribution in [0.3, 0.4) is 0 Å². The molecule has 0 unspecified atom stereocenters. The Balaban J connectivity index is 0.000000309. The number of amides is 1. The lowest BCUT2D eigenvalue weighted by Crippen LogP contribution is -2.34. The van der Waals surface area contributed by atoms with E-state index in [1.807, 2.05) is 20.8 Å². The van der Waals surface area contributed by atoms with E-state index in [1.54, 1.807) is 24.8 Å². The number of aromatic nitrogens is 4. The van der Waals surface area contributed by atoms with Crippen LogP contribution in [0.4, 0.5) is 4.79 Å². The standard InChI is InChI=1S/C11H17N3O3.C6H9N3O/c1-11(2,3)17-10(15)14-6-7-16-9-8-12-4-5-13-9;7-1-4-10-6-5-8-2-3-9-6/h4-5,8H,6-7H2,1-3H3,(H,14,15);2-3,5H,1,4,7H2. The molecule has 0 saturated heterocycles. The average Bonchev–Trinajstić information content (AvgIpc) is 2.64. The molecule has 0 radical (unpaired) electrons. The SMILES string of the molecule is CC(C)(C)OC(=O)NCCOc1cnccn1.NCCOc1cnccn1. The molecule has 0 aliphatic heterocycles. The highest BCUT2D eigenvalue weighted by atomic mass is 16.6. The maximum Gasteiger partial charge on any atom is 0.407 e. The van der Waals surface area contributed by atoms with Crippen molar-refractivity contribution in [2.24, 2.45) is 5.73 Å². The quantitative estimate of drug-likeness (QED) is 0.681. The number of hydrogen-bond acceptors (Lipinski definition) is 9. The van der Waals surface area contributed by atoms with Crippen molar-refractivity contribution in [2.75, 3.05) is 26.3 Å². The average molecular weight is 378 g/mol. The molecule has 0 fully saturated rings. The van der Waals surface area contributed by atoms with Gasteiger partial charge in [0.1, 0.15) is 18.8 Å². The van der Waals surface area contributed by atoms with Crippen LogP contribution in [-0.4, -0.2) is 57.9 Å². The molecule has 0 aromatic carbocycles. The Labute approximate surface area is 158 Å². The fourth-order valence-corrected chi connectivity index (χ4v) is 1.51. The molecule has 2 rings (SSSR count). The summed E-state index contributed by atoms with van der Waals surface area (Å²) >= 11 is 0. The predicted molar refractivity (Wildman–Crippen MR) is 98.3 cm³/mol. The van der Waals surface area contributed by atoms with Crippen molar-refractivity contribution in [3.63, 3.8) is 0 Å². The number of carbonyl (C=O) groups is 1. The number of ether oxygens (including phenoxy) is 3. The van der Waals surface area contributed by atoms with E-state index in [0.29, 0.717) is 38.1 Å². The molecule has 0 aliphatic carbocycles. The van der Waals surface area contributed by atoms with Crippen molar-refractivity contribution in [1.29, 1.82) is 0 Å². The number of alkyl carbamates (subject to hydrolysis) is 1. The van der Waals surface area contributed by atoms with Gasteiger partial charge >= 0.3 is 6.09 Å². The largest absolute Gasteiger partial charge is 0.475 e. The molecule has 27 heavy (non-hydrogen) atoms. The summed E-state index contributed by atoms with van der Waals surface area (Å²) in [6, 6.07) is 0. The first-order valence-corrected chi connectivity index (χ1v) is 8.35. The Bertz CT molecular complexity index is 637. The third-order valence-corrected chi connectivity index (χ3v) is 2.47. The van der Waals surface area contributed by atoms with Gasteiger partial charge in [0.05, 0.1) is 18.9 Å². The summed E-state index contributed by atoms with van der Waals surface area (Å²) in [6.45, 7) is 7.08. The van der Waals surface area contributed by atoms with Gasteiger partial charge in [-0.15, -0.1) is 0 Å². The van der Waals surface area contributed by atoms with Crippen LogP contribution in [0.15, 0.2) is 37.2 Å². The van der Waals surface area contributed by atoms with Crippen LogP contribution in [0.1, 0.15) is 20.8 Å². The lowest BCUT2D eigenvalue weighted by atomic mass is 10.2. The Kier molecular flexibility index (Phi) is 10.1. The van der Waals surface area contributed by atoms with Gasteiger partial charge in [-0.05, 0) is 20.8 Å². The summed E-state index contributed by atoms with van der Waals surface area (Å²) in [5.41, 5.74) is 4.71. The Morgan fingerprint density at radius 3 is 2.00 bits per heavy atom. The van der Waals surface area contributed by atoms with Gasteiger partial charge in [0, 0.05) is 31.3 Å². The summed E-state index contributed by atoms with van der Waals surface area (Å²) in [6.07, 6.45) is 8.87. The minimum absolute atomic E-state index is 0.317. The van der Waals surface area contributed by atoms with Crippen LogP contribution in [0, 0.1) is 0 Å². The third kappa shape index (κ3) is 12.1. The summed E-state index contributed by atoms with van der Waals surface area (Å²) < 4.78 is 15.4. The molecule has 0 atom stereocenters. The summed E-state index contributed by atoms with van der Waals surface area (Å²) in [5, 5.41) is 2.58. The monoisotopic (exact) mass is 378 g/mol. The Morgan fingerprint density at radius 1 is 1.00 bits per heavy atom. The highest BCUT2D eigenvalue weighted by Gasteiger charge is 2.15. The van der Waals surface area contributed by atoms with E-state index in [-0.39, 0.29) is 0 Å². The van der Waals surface area contributed by atoms with Crippen molar-refractivity contribution in [3.8, 4) is 11.8 Å². The maximum absolute atomic E-state index is 11.3. The third-order valence-electron chi connectivity index (χ3n) is 2.47. The van der Waals surface area contributed by atoms with Crippen molar-refractivity contribution in [2.45, 2.75) is 26.4 Å².